The number of hydrogen-bond donors (Lipinski definition) is 1. The predicted molar refractivity (Wildman–Crippen MR) is 115 cm³/mol. The van der Waals surface area contributed by atoms with E-state index >= 15 is 0 Å². The van der Waals surface area contributed by atoms with Crippen molar-refractivity contribution in [1.29, 1.82) is 0 Å². The van der Waals surface area contributed by atoms with Crippen LogP contribution in [0.25, 0.3) is 0 Å². The highest BCUT2D eigenvalue weighted by Crippen LogP contribution is 2.20. The molecule has 1 aliphatic rings. The number of amides is 4. The Morgan fingerprint density at radius 1 is 1.00 bits per heavy atom. The number of likely N-dealkylation sites (tertiary alicyclic amines) is 1. The maximum Gasteiger partial charge on any atom is 0.321 e. The average molecular weight is 403 g/mol. The van der Waals surface area contributed by atoms with Crippen molar-refractivity contribution in [2.45, 2.75) is 39.5 Å². The van der Waals surface area contributed by atoms with Gasteiger partial charge in [0.05, 0.1) is 0 Å². The van der Waals surface area contributed by atoms with Crippen molar-refractivity contribution in [3.8, 4) is 0 Å². The fourth-order valence-electron chi connectivity index (χ4n) is 3.63. The number of urea groups is 1. The normalized spacial score (nSPS) is 14.4. The van der Waals surface area contributed by atoms with E-state index in [1.54, 1.807) is 48.2 Å². The largest absolute Gasteiger partial charge is 0.349 e. The molecule has 160 valence electrons. The van der Waals surface area contributed by atoms with Crippen LogP contribution >= 0.6 is 0 Å². The number of carbonyl (C=O) groups is 3. The van der Waals surface area contributed by atoms with Crippen LogP contribution in [-0.2, 0) is 4.79 Å². The van der Waals surface area contributed by atoms with Crippen molar-refractivity contribution in [1.82, 2.24) is 14.7 Å². The summed E-state index contributed by atoms with van der Waals surface area (Å²) in [6.07, 6.45) is 3.22. The summed E-state index contributed by atoms with van der Waals surface area (Å²) < 4.78 is 0. The summed E-state index contributed by atoms with van der Waals surface area (Å²) in [4.78, 5) is 42.4. The lowest BCUT2D eigenvalue weighted by Gasteiger charge is -2.32. The minimum absolute atomic E-state index is 0.00599. The Bertz CT molecular complexity index is 689. The van der Waals surface area contributed by atoms with Crippen LogP contribution in [0.3, 0.4) is 0 Å². The van der Waals surface area contributed by atoms with Crippen LogP contribution in [0.4, 0.5) is 10.5 Å². The molecule has 1 heterocycles. The molecule has 1 aromatic carbocycles. The van der Waals surface area contributed by atoms with Crippen LogP contribution in [0.2, 0.25) is 0 Å². The second-order valence-electron chi connectivity index (χ2n) is 7.79. The van der Waals surface area contributed by atoms with E-state index in [-0.39, 0.29) is 23.8 Å². The lowest BCUT2D eigenvalue weighted by Crippen LogP contribution is -2.44. The number of rotatable bonds is 7. The fourth-order valence-corrected chi connectivity index (χ4v) is 3.63. The summed E-state index contributed by atoms with van der Waals surface area (Å²) >= 11 is 0. The van der Waals surface area contributed by atoms with Gasteiger partial charge in [-0.15, -0.1) is 0 Å². The summed E-state index contributed by atoms with van der Waals surface area (Å²) in [5, 5.41) is 2.89. The molecule has 0 unspecified atom stereocenters. The lowest BCUT2D eigenvalue weighted by molar-refractivity contribution is -0.134. The zero-order valence-electron chi connectivity index (χ0n) is 18.1. The first kappa shape index (κ1) is 22.7. The number of carbonyl (C=O) groups excluding carboxylic acids is 3. The maximum atomic E-state index is 12.6. The molecular formula is C22H34N4O3. The van der Waals surface area contributed by atoms with Gasteiger partial charge in [-0.2, -0.15) is 0 Å². The van der Waals surface area contributed by atoms with Crippen LogP contribution in [0, 0.1) is 5.92 Å². The number of hydrogen-bond acceptors (Lipinski definition) is 3. The first-order valence-corrected chi connectivity index (χ1v) is 10.5. The molecule has 7 nitrogen and oxygen atoms in total. The summed E-state index contributed by atoms with van der Waals surface area (Å²) in [6.45, 7) is 6.75. The maximum absolute atomic E-state index is 12.6. The van der Waals surface area contributed by atoms with Crippen molar-refractivity contribution in [2.75, 3.05) is 45.6 Å². The Hall–Kier alpha value is -2.57. The van der Waals surface area contributed by atoms with Crippen molar-refractivity contribution in [3.63, 3.8) is 0 Å². The molecule has 7 heteroatoms. The molecule has 0 spiro atoms. The van der Waals surface area contributed by atoms with Gasteiger partial charge in [0.25, 0.3) is 5.91 Å². The van der Waals surface area contributed by atoms with E-state index in [1.807, 2.05) is 4.90 Å². The number of benzene rings is 1. The molecule has 0 bridgehead atoms. The fraction of sp³-hybridized carbons (Fsp3) is 0.591. The minimum atomic E-state index is -0.168. The Kier molecular flexibility index (Phi) is 8.49. The molecular weight excluding hydrogens is 368 g/mol. The van der Waals surface area contributed by atoms with E-state index in [2.05, 4.69) is 19.2 Å². The van der Waals surface area contributed by atoms with Crippen LogP contribution in [0.15, 0.2) is 24.3 Å². The summed E-state index contributed by atoms with van der Waals surface area (Å²) in [7, 11) is 3.53. The van der Waals surface area contributed by atoms with Gasteiger partial charge in [-0.25, -0.2) is 4.79 Å². The van der Waals surface area contributed by atoms with E-state index in [0.717, 1.165) is 25.9 Å². The molecule has 1 fully saturated rings. The van der Waals surface area contributed by atoms with Gasteiger partial charge in [-0.3, -0.25) is 9.59 Å². The van der Waals surface area contributed by atoms with Crippen molar-refractivity contribution in [2.24, 2.45) is 5.92 Å². The van der Waals surface area contributed by atoms with Crippen molar-refractivity contribution < 1.29 is 14.4 Å². The quantitative estimate of drug-likeness (QED) is 0.761. The highest BCUT2D eigenvalue weighted by Gasteiger charge is 2.28. The van der Waals surface area contributed by atoms with Gasteiger partial charge in [0.1, 0.15) is 0 Å². The minimum Gasteiger partial charge on any atom is -0.349 e. The van der Waals surface area contributed by atoms with Gasteiger partial charge in [0.15, 0.2) is 0 Å². The molecule has 0 aromatic heterocycles. The van der Waals surface area contributed by atoms with E-state index in [4.69, 9.17) is 0 Å². The molecule has 0 aliphatic carbocycles. The second kappa shape index (κ2) is 10.8. The molecule has 0 saturated carbocycles. The van der Waals surface area contributed by atoms with Gasteiger partial charge in [0, 0.05) is 57.4 Å². The first-order chi connectivity index (χ1) is 13.9. The Balaban J connectivity index is 1.90. The summed E-state index contributed by atoms with van der Waals surface area (Å²) in [6, 6.07) is 6.89. The molecule has 1 aliphatic heterocycles. The third-order valence-corrected chi connectivity index (χ3v) is 5.23. The molecule has 0 radical (unpaired) electrons. The number of piperidine rings is 1. The average Bonchev–Trinajstić information content (AvgIpc) is 2.73. The van der Waals surface area contributed by atoms with Crippen LogP contribution in [0.5, 0.6) is 0 Å². The third-order valence-electron chi connectivity index (χ3n) is 5.23. The van der Waals surface area contributed by atoms with E-state index < -0.39 is 0 Å². The SMILES string of the molecule is CCCN(CCC)C(=O)c1ccc(NC(=O)N2CCC(C(=O)N(C)C)CC2)cc1. The number of nitrogens with one attached hydrogen (secondary N) is 1. The molecule has 2 rings (SSSR count). The molecule has 1 aromatic rings. The zero-order valence-corrected chi connectivity index (χ0v) is 18.1. The van der Waals surface area contributed by atoms with Crippen molar-refractivity contribution >= 4 is 23.5 Å². The highest BCUT2D eigenvalue weighted by molar-refractivity contribution is 5.95. The number of nitrogens with zero attached hydrogens (tertiary/aromatic N) is 3. The van der Waals surface area contributed by atoms with Gasteiger partial charge in [-0.1, -0.05) is 13.8 Å². The zero-order chi connectivity index (χ0) is 21.4. The Morgan fingerprint density at radius 2 is 1.55 bits per heavy atom. The first-order valence-electron chi connectivity index (χ1n) is 10.5. The van der Waals surface area contributed by atoms with E-state index in [9.17, 15) is 14.4 Å². The third kappa shape index (κ3) is 6.21. The summed E-state index contributed by atoms with van der Waals surface area (Å²) in [5.41, 5.74) is 1.29. The standard InChI is InChI=1S/C22H34N4O3/c1-5-13-25(14-6-2)21(28)17-7-9-19(10-8-17)23-22(29)26-15-11-18(12-16-26)20(27)24(3)4/h7-10,18H,5-6,11-16H2,1-4H3,(H,23,29). The number of anilines is 1. The molecule has 0 atom stereocenters. The van der Waals surface area contributed by atoms with Crippen LogP contribution in [-0.4, -0.2) is 72.8 Å². The predicted octanol–water partition coefficient (Wildman–Crippen LogP) is 3.28. The smallest absolute Gasteiger partial charge is 0.321 e. The second-order valence-corrected chi connectivity index (χ2v) is 7.79. The van der Waals surface area contributed by atoms with Gasteiger partial charge >= 0.3 is 6.03 Å². The monoisotopic (exact) mass is 402 g/mol. The van der Waals surface area contributed by atoms with Gasteiger partial charge in [0.2, 0.25) is 5.91 Å². The Labute approximate surface area is 174 Å². The van der Waals surface area contributed by atoms with E-state index in [0.29, 0.717) is 37.2 Å². The Morgan fingerprint density at radius 3 is 2.03 bits per heavy atom. The van der Waals surface area contributed by atoms with Gasteiger partial charge < -0.3 is 20.0 Å². The molecule has 1 N–H and O–H groups in total. The molecule has 1 saturated heterocycles. The van der Waals surface area contributed by atoms with E-state index in [1.165, 1.54) is 0 Å². The summed E-state index contributed by atoms with van der Waals surface area (Å²) in [5.74, 6) is 0.151. The van der Waals surface area contributed by atoms with Crippen LogP contribution < -0.4 is 5.32 Å². The molecule has 4 amide bonds. The highest BCUT2D eigenvalue weighted by atomic mass is 16.2. The van der Waals surface area contributed by atoms with Crippen LogP contribution in [0.1, 0.15) is 49.9 Å². The topological polar surface area (TPSA) is 73.0 Å². The van der Waals surface area contributed by atoms with Gasteiger partial charge in [-0.05, 0) is 49.9 Å². The van der Waals surface area contributed by atoms with Crippen molar-refractivity contribution in [3.05, 3.63) is 29.8 Å². The molecule has 29 heavy (non-hydrogen) atoms. The lowest BCUT2D eigenvalue weighted by atomic mass is 9.96.